The van der Waals surface area contributed by atoms with Gasteiger partial charge in [-0.3, -0.25) is 4.94 Å². The van der Waals surface area contributed by atoms with Gasteiger partial charge in [-0.2, -0.15) is 0 Å². The molecule has 0 saturated heterocycles. The van der Waals surface area contributed by atoms with Gasteiger partial charge in [0.1, 0.15) is 35.6 Å². The van der Waals surface area contributed by atoms with E-state index in [0.717, 1.165) is 50.7 Å². The fourth-order valence-electron chi connectivity index (χ4n) is 4.47. The Kier molecular flexibility index (Phi) is 15.3. The number of alkyl halides is 1. The van der Waals surface area contributed by atoms with Gasteiger partial charge < -0.3 is 14.2 Å². The van der Waals surface area contributed by atoms with Crippen LogP contribution < -0.4 is 19.2 Å². The molecule has 0 aliphatic heterocycles. The Morgan fingerprint density at radius 3 is 1.29 bits per heavy atom. The average Bonchev–Trinajstić information content (AvgIpc) is 3.03. The summed E-state index contributed by atoms with van der Waals surface area (Å²) in [4.78, 5) is 2.98. The zero-order chi connectivity index (χ0) is 33.7. The van der Waals surface area contributed by atoms with Crippen LogP contribution in [0.3, 0.4) is 0 Å². The highest BCUT2D eigenvalue weighted by atomic mass is 19.3. The van der Waals surface area contributed by atoms with Crippen molar-refractivity contribution in [2.75, 3.05) is 0 Å². The molecular formula is C34H41F7O4. The molecule has 0 unspecified atom stereocenters. The van der Waals surface area contributed by atoms with Crippen molar-refractivity contribution in [1.82, 2.24) is 0 Å². The molecule has 0 radical (unpaired) electrons. The molecule has 0 heterocycles. The average molecular weight is 647 g/mol. The van der Waals surface area contributed by atoms with E-state index in [2.05, 4.69) is 18.8 Å². The molecule has 3 aromatic carbocycles. The number of benzene rings is 3. The van der Waals surface area contributed by atoms with Gasteiger partial charge in [0.05, 0.1) is 29.4 Å². The van der Waals surface area contributed by atoms with Crippen LogP contribution in [0.15, 0.2) is 36.4 Å². The van der Waals surface area contributed by atoms with Gasteiger partial charge in [-0.05, 0) is 56.2 Å². The van der Waals surface area contributed by atoms with E-state index in [1.54, 1.807) is 12.1 Å². The van der Waals surface area contributed by atoms with E-state index in [1.165, 1.54) is 0 Å². The number of hydrogen-bond acceptors (Lipinski definition) is 4. The van der Waals surface area contributed by atoms with E-state index in [1.807, 2.05) is 27.7 Å². The Hall–Kier alpha value is -3.63. The first-order chi connectivity index (χ1) is 21.5. The van der Waals surface area contributed by atoms with Crippen LogP contribution in [0.2, 0.25) is 0 Å². The molecule has 0 N–H and O–H groups in total. The van der Waals surface area contributed by atoms with E-state index in [0.29, 0.717) is 34.9 Å². The van der Waals surface area contributed by atoms with Gasteiger partial charge in [0, 0.05) is 28.8 Å². The minimum atomic E-state index is -1.65. The highest BCUT2D eigenvalue weighted by Gasteiger charge is 2.24. The van der Waals surface area contributed by atoms with E-state index < -0.39 is 47.1 Å². The highest BCUT2D eigenvalue weighted by molar-refractivity contribution is 5.78. The summed E-state index contributed by atoms with van der Waals surface area (Å²) in [7, 11) is 0. The molecule has 250 valence electrons. The fraction of sp³-hybridized carbons (Fsp3) is 0.471. The molecule has 45 heavy (non-hydrogen) atoms. The molecule has 0 atom stereocenters. The molecule has 0 aliphatic carbocycles. The van der Waals surface area contributed by atoms with Crippen LogP contribution in [0.4, 0.5) is 30.9 Å². The third kappa shape index (κ3) is 10.2. The van der Waals surface area contributed by atoms with Crippen molar-refractivity contribution in [2.24, 2.45) is 0 Å². The number of halogens is 7. The maximum absolute atomic E-state index is 14.6. The SMILES string of the molecule is CCC(CC)Oc1cc(OC(CC)CC)c(-c2cc(F)c(CF)c(F)c2)c(OC(CC)CC)c1.FOc1cc(F)c(F)c(F)c1. The molecular weight excluding hydrogens is 605 g/mol. The Bertz CT molecular complexity index is 1280. The third-order valence-electron chi connectivity index (χ3n) is 7.27. The summed E-state index contributed by atoms with van der Waals surface area (Å²) in [6.45, 7) is 11.0. The summed E-state index contributed by atoms with van der Waals surface area (Å²) < 4.78 is 109. The van der Waals surface area contributed by atoms with E-state index in [-0.39, 0.29) is 23.9 Å². The van der Waals surface area contributed by atoms with Gasteiger partial charge in [-0.1, -0.05) is 41.5 Å². The maximum Gasteiger partial charge on any atom is 0.194 e. The van der Waals surface area contributed by atoms with Crippen molar-refractivity contribution in [2.45, 2.75) is 105 Å². The zero-order valence-corrected chi connectivity index (χ0v) is 26.4. The summed E-state index contributed by atoms with van der Waals surface area (Å²) in [5.74, 6) is -5.74. The molecule has 11 heteroatoms. The van der Waals surface area contributed by atoms with Gasteiger partial charge in [-0.15, -0.1) is 0 Å². The minimum Gasteiger partial charge on any atom is -0.490 e. The van der Waals surface area contributed by atoms with E-state index in [9.17, 15) is 30.9 Å². The van der Waals surface area contributed by atoms with E-state index in [4.69, 9.17) is 14.2 Å². The van der Waals surface area contributed by atoms with Crippen LogP contribution in [0.5, 0.6) is 23.0 Å². The van der Waals surface area contributed by atoms with Crippen LogP contribution in [0.1, 0.15) is 85.6 Å². The normalized spacial score (nSPS) is 11.1. The Morgan fingerprint density at radius 2 is 0.933 bits per heavy atom. The van der Waals surface area contributed by atoms with Crippen LogP contribution >= 0.6 is 0 Å². The first-order valence-electron chi connectivity index (χ1n) is 15.1. The van der Waals surface area contributed by atoms with Crippen LogP contribution in [0, 0.1) is 29.1 Å². The molecule has 0 fully saturated rings. The zero-order valence-electron chi connectivity index (χ0n) is 26.4. The monoisotopic (exact) mass is 646 g/mol. The lowest BCUT2D eigenvalue weighted by atomic mass is 10.00. The molecule has 0 spiro atoms. The van der Waals surface area contributed by atoms with Gasteiger partial charge in [0.25, 0.3) is 0 Å². The lowest BCUT2D eigenvalue weighted by molar-refractivity contribution is -0.00711. The van der Waals surface area contributed by atoms with Crippen molar-refractivity contribution in [3.8, 4) is 34.1 Å². The Balaban J connectivity index is 0.000000537. The van der Waals surface area contributed by atoms with Crippen molar-refractivity contribution in [3.63, 3.8) is 0 Å². The highest BCUT2D eigenvalue weighted by Crippen LogP contribution is 2.44. The van der Waals surface area contributed by atoms with Crippen molar-refractivity contribution in [1.29, 1.82) is 0 Å². The van der Waals surface area contributed by atoms with Gasteiger partial charge in [0.2, 0.25) is 0 Å². The number of hydrogen-bond donors (Lipinski definition) is 0. The van der Waals surface area contributed by atoms with Crippen LogP contribution in [-0.2, 0) is 6.67 Å². The Morgan fingerprint density at radius 1 is 0.533 bits per heavy atom. The topological polar surface area (TPSA) is 36.9 Å². The predicted octanol–water partition coefficient (Wildman–Crippen LogP) is 11.2. The van der Waals surface area contributed by atoms with E-state index >= 15 is 0 Å². The van der Waals surface area contributed by atoms with Gasteiger partial charge in [0.15, 0.2) is 23.2 Å². The standard InChI is InChI=1S/C28H39F3O3.C6H2F4O/c1-7-19(8-2)32-22-15-26(33-20(9-3)10-4)28(27(16-22)34-21(11-5)12-6)18-13-24(30)23(17-29)25(31)14-18;7-4-1-3(11-10)2-5(8)6(4)9/h13-16,19-21H,7-12,17H2,1-6H3;1-2H. The fourth-order valence-corrected chi connectivity index (χ4v) is 4.47. The van der Waals surface area contributed by atoms with Gasteiger partial charge in [-0.25, -0.2) is 26.3 Å². The van der Waals surface area contributed by atoms with Crippen molar-refractivity contribution < 1.29 is 50.0 Å². The smallest absolute Gasteiger partial charge is 0.194 e. The summed E-state index contributed by atoms with van der Waals surface area (Å²) in [6, 6.07) is 6.63. The second-order valence-electron chi connectivity index (χ2n) is 10.3. The molecule has 0 saturated carbocycles. The Labute approximate surface area is 260 Å². The quantitative estimate of drug-likeness (QED) is 0.122. The van der Waals surface area contributed by atoms with Crippen LogP contribution in [0.25, 0.3) is 11.1 Å². The maximum atomic E-state index is 14.6. The van der Waals surface area contributed by atoms with Crippen LogP contribution in [-0.4, -0.2) is 18.3 Å². The largest absolute Gasteiger partial charge is 0.490 e. The molecule has 0 aromatic heterocycles. The molecule has 0 aliphatic rings. The first-order valence-corrected chi connectivity index (χ1v) is 15.1. The molecule has 0 amide bonds. The van der Waals surface area contributed by atoms with Crippen molar-refractivity contribution >= 4 is 0 Å². The molecule has 3 aromatic rings. The third-order valence-corrected chi connectivity index (χ3v) is 7.27. The predicted molar refractivity (Wildman–Crippen MR) is 160 cm³/mol. The number of rotatable bonds is 15. The minimum absolute atomic E-state index is 0.0200. The molecule has 3 rings (SSSR count). The molecule has 0 bridgehead atoms. The summed E-state index contributed by atoms with van der Waals surface area (Å²) in [5.41, 5.74) is 0.101. The lowest BCUT2D eigenvalue weighted by Gasteiger charge is -2.25. The second kappa shape index (κ2) is 18.4. The lowest BCUT2D eigenvalue weighted by Crippen LogP contribution is -2.18. The summed E-state index contributed by atoms with van der Waals surface area (Å²) >= 11 is 0. The van der Waals surface area contributed by atoms with Gasteiger partial charge >= 0.3 is 0 Å². The van der Waals surface area contributed by atoms with Crippen molar-refractivity contribution in [3.05, 3.63) is 71.0 Å². The molecule has 4 nitrogen and oxygen atoms in total. The summed E-state index contributed by atoms with van der Waals surface area (Å²) in [5, 5.41) is 0. The summed E-state index contributed by atoms with van der Waals surface area (Å²) in [6.07, 6.45) is 4.56. The number of ether oxygens (including phenoxy) is 3. The second-order valence-corrected chi connectivity index (χ2v) is 10.3. The first kappa shape index (κ1) is 37.6.